The summed E-state index contributed by atoms with van der Waals surface area (Å²) in [7, 11) is 1.57. The van der Waals surface area contributed by atoms with Gasteiger partial charge in [-0.1, -0.05) is 12.1 Å². The minimum absolute atomic E-state index is 0.458. The van der Waals surface area contributed by atoms with E-state index in [0.717, 1.165) is 21.4 Å². The fourth-order valence-electron chi connectivity index (χ4n) is 1.96. The van der Waals surface area contributed by atoms with Crippen molar-refractivity contribution in [1.82, 2.24) is 14.4 Å². The molecule has 0 amide bonds. The van der Waals surface area contributed by atoms with Gasteiger partial charge >= 0.3 is 6.01 Å². The van der Waals surface area contributed by atoms with Crippen LogP contribution in [0.1, 0.15) is 5.56 Å². The summed E-state index contributed by atoms with van der Waals surface area (Å²) in [5.74, 6) is 0. The summed E-state index contributed by atoms with van der Waals surface area (Å²) in [6.07, 6.45) is 3.47. The highest BCUT2D eigenvalue weighted by molar-refractivity contribution is 9.10. The topological polar surface area (TPSA) is 63.2 Å². The van der Waals surface area contributed by atoms with Gasteiger partial charge in [-0.3, -0.25) is 4.40 Å². The second-order valence-corrected chi connectivity index (χ2v) is 4.86. The maximum atomic E-state index is 8.84. The van der Waals surface area contributed by atoms with Crippen molar-refractivity contribution in [3.63, 3.8) is 0 Å². The third-order valence-electron chi connectivity index (χ3n) is 2.93. The molecule has 0 saturated carbocycles. The number of fused-ring (bicyclic) bond motifs is 1. The highest BCUT2D eigenvalue weighted by atomic mass is 79.9. The minimum Gasteiger partial charge on any atom is -0.468 e. The number of rotatable bonds is 2. The molecule has 0 aliphatic rings. The number of halogens is 1. The van der Waals surface area contributed by atoms with Crippen molar-refractivity contribution in [1.29, 1.82) is 5.26 Å². The number of methoxy groups -OCH3 is 1. The van der Waals surface area contributed by atoms with Gasteiger partial charge < -0.3 is 4.74 Å². The van der Waals surface area contributed by atoms with Crippen molar-refractivity contribution >= 4 is 21.6 Å². The maximum Gasteiger partial charge on any atom is 0.302 e. The molecule has 98 valence electrons. The average Bonchev–Trinajstić information content (AvgIpc) is 2.98. The van der Waals surface area contributed by atoms with Crippen LogP contribution in [-0.2, 0) is 0 Å². The summed E-state index contributed by atoms with van der Waals surface area (Å²) in [6, 6.07) is 9.77. The van der Waals surface area contributed by atoms with Gasteiger partial charge in [0.2, 0.25) is 0 Å². The largest absolute Gasteiger partial charge is 0.468 e. The molecule has 0 aliphatic heterocycles. The van der Waals surface area contributed by atoms with Gasteiger partial charge in [0, 0.05) is 18.0 Å². The standard InChI is InChI=1S/C14H9BrN4O/c1-20-14-18-12(10-4-2-9(8-16)3-5-10)11(15)13-17-6-7-19(13)14/h2-7H,1H3. The molecule has 1 aromatic carbocycles. The Labute approximate surface area is 123 Å². The zero-order valence-corrected chi connectivity index (χ0v) is 12.1. The number of ether oxygens (including phenoxy) is 1. The molecule has 0 radical (unpaired) electrons. The summed E-state index contributed by atoms with van der Waals surface area (Å²) in [4.78, 5) is 8.78. The molecule has 3 rings (SSSR count). The number of imidazole rings is 1. The van der Waals surface area contributed by atoms with Gasteiger partial charge in [-0.2, -0.15) is 10.2 Å². The highest BCUT2D eigenvalue weighted by Crippen LogP contribution is 2.32. The zero-order valence-electron chi connectivity index (χ0n) is 10.5. The van der Waals surface area contributed by atoms with Crippen LogP contribution in [0, 0.1) is 11.3 Å². The van der Waals surface area contributed by atoms with E-state index in [9.17, 15) is 0 Å². The number of hydrogen-bond donors (Lipinski definition) is 0. The summed E-state index contributed by atoms with van der Waals surface area (Å²) < 4.78 is 7.83. The van der Waals surface area contributed by atoms with E-state index in [1.54, 1.807) is 36.0 Å². The second kappa shape index (κ2) is 4.94. The molecular formula is C14H9BrN4O. The zero-order chi connectivity index (χ0) is 14.1. The molecule has 0 unspecified atom stereocenters. The first kappa shape index (κ1) is 12.6. The van der Waals surface area contributed by atoms with Gasteiger partial charge in [0.05, 0.1) is 28.9 Å². The van der Waals surface area contributed by atoms with Gasteiger partial charge in [0.15, 0.2) is 5.65 Å². The lowest BCUT2D eigenvalue weighted by atomic mass is 10.1. The van der Waals surface area contributed by atoms with Crippen LogP contribution >= 0.6 is 15.9 Å². The second-order valence-electron chi connectivity index (χ2n) is 4.07. The molecule has 5 nitrogen and oxygen atoms in total. The lowest BCUT2D eigenvalue weighted by Crippen LogP contribution is -2.00. The van der Waals surface area contributed by atoms with Gasteiger partial charge in [0.25, 0.3) is 0 Å². The van der Waals surface area contributed by atoms with Crippen molar-refractivity contribution in [2.24, 2.45) is 0 Å². The van der Waals surface area contributed by atoms with Crippen LogP contribution in [0.3, 0.4) is 0 Å². The molecule has 0 bridgehead atoms. The smallest absolute Gasteiger partial charge is 0.302 e. The summed E-state index contributed by atoms with van der Waals surface area (Å²) in [5, 5.41) is 8.84. The first-order chi connectivity index (χ1) is 9.74. The molecule has 3 aromatic rings. The van der Waals surface area contributed by atoms with Crippen LogP contribution in [0.4, 0.5) is 0 Å². The quantitative estimate of drug-likeness (QED) is 0.725. The average molecular weight is 329 g/mol. The molecule has 20 heavy (non-hydrogen) atoms. The highest BCUT2D eigenvalue weighted by Gasteiger charge is 2.14. The number of aromatic nitrogens is 3. The predicted octanol–water partition coefficient (Wildman–Crippen LogP) is 3.04. The van der Waals surface area contributed by atoms with Gasteiger partial charge in [0.1, 0.15) is 0 Å². The molecule has 0 aliphatic carbocycles. The van der Waals surface area contributed by atoms with Crippen LogP contribution < -0.4 is 4.74 Å². The molecule has 0 fully saturated rings. The van der Waals surface area contributed by atoms with Gasteiger partial charge in [-0.05, 0) is 28.1 Å². The normalized spacial score (nSPS) is 10.4. The Kier molecular flexibility index (Phi) is 3.12. The monoisotopic (exact) mass is 328 g/mol. The van der Waals surface area contributed by atoms with Gasteiger partial charge in [-0.15, -0.1) is 0 Å². The van der Waals surface area contributed by atoms with E-state index in [4.69, 9.17) is 10.00 Å². The van der Waals surface area contributed by atoms with Crippen molar-refractivity contribution in [2.45, 2.75) is 0 Å². The fourth-order valence-corrected chi connectivity index (χ4v) is 2.57. The molecular weight excluding hydrogens is 320 g/mol. The van der Waals surface area contributed by atoms with E-state index in [1.807, 2.05) is 12.1 Å². The molecule has 0 saturated heterocycles. The van der Waals surface area contributed by atoms with Crippen molar-refractivity contribution in [3.05, 3.63) is 46.7 Å². The van der Waals surface area contributed by atoms with Crippen molar-refractivity contribution in [3.8, 4) is 23.3 Å². The Bertz CT molecular complexity index is 818. The van der Waals surface area contributed by atoms with Crippen LogP contribution in [0.5, 0.6) is 6.01 Å². The van der Waals surface area contributed by atoms with Crippen LogP contribution in [0.15, 0.2) is 41.1 Å². The third kappa shape index (κ3) is 1.92. The molecule has 0 N–H and O–H groups in total. The van der Waals surface area contributed by atoms with Crippen LogP contribution in [0.2, 0.25) is 0 Å². The molecule has 6 heteroatoms. The van der Waals surface area contributed by atoms with E-state index in [0.29, 0.717) is 11.6 Å². The molecule has 2 aromatic heterocycles. The fraction of sp³-hybridized carbons (Fsp3) is 0.0714. The third-order valence-corrected chi connectivity index (χ3v) is 3.66. The Morgan fingerprint density at radius 2 is 2.05 bits per heavy atom. The Morgan fingerprint density at radius 3 is 2.70 bits per heavy atom. The van der Waals surface area contributed by atoms with E-state index in [-0.39, 0.29) is 0 Å². The Morgan fingerprint density at radius 1 is 1.30 bits per heavy atom. The number of nitriles is 1. The predicted molar refractivity (Wildman–Crippen MR) is 77.4 cm³/mol. The summed E-state index contributed by atoms with van der Waals surface area (Å²) in [6.45, 7) is 0. The number of hydrogen-bond acceptors (Lipinski definition) is 4. The van der Waals surface area contributed by atoms with Crippen molar-refractivity contribution < 1.29 is 4.74 Å². The first-order valence-electron chi connectivity index (χ1n) is 5.81. The first-order valence-corrected chi connectivity index (χ1v) is 6.61. The number of benzene rings is 1. The number of nitrogens with zero attached hydrogens (tertiary/aromatic N) is 4. The van der Waals surface area contributed by atoms with E-state index in [1.165, 1.54) is 0 Å². The van der Waals surface area contributed by atoms with Crippen LogP contribution in [-0.4, -0.2) is 21.5 Å². The maximum absolute atomic E-state index is 8.84. The lowest BCUT2D eigenvalue weighted by molar-refractivity contribution is 0.374. The molecule has 0 atom stereocenters. The molecule has 2 heterocycles. The SMILES string of the molecule is COc1nc(-c2ccc(C#N)cc2)c(Br)c2nccn12. The van der Waals surface area contributed by atoms with Gasteiger partial charge in [-0.25, -0.2) is 4.98 Å². The molecule has 0 spiro atoms. The minimum atomic E-state index is 0.458. The lowest BCUT2D eigenvalue weighted by Gasteiger charge is -2.09. The Balaban J connectivity index is 2.24. The van der Waals surface area contributed by atoms with Crippen molar-refractivity contribution in [2.75, 3.05) is 7.11 Å². The van der Waals surface area contributed by atoms with E-state index < -0.39 is 0 Å². The summed E-state index contributed by atoms with van der Waals surface area (Å²) in [5.41, 5.74) is 2.96. The summed E-state index contributed by atoms with van der Waals surface area (Å²) >= 11 is 3.53. The van der Waals surface area contributed by atoms with Crippen LogP contribution in [0.25, 0.3) is 16.9 Å². The Hall–Kier alpha value is -2.39. The van der Waals surface area contributed by atoms with E-state index in [2.05, 4.69) is 32.0 Å². The van der Waals surface area contributed by atoms with E-state index >= 15 is 0 Å².